The molecule has 63 heavy (non-hydrogen) atoms. The van der Waals surface area contributed by atoms with E-state index in [1.54, 1.807) is 72.1 Å². The monoisotopic (exact) mass is 852 g/mol. The predicted octanol–water partition coefficient (Wildman–Crippen LogP) is 5.15. The third-order valence-electron chi connectivity index (χ3n) is 11.8. The number of rotatable bonds is 11. The van der Waals surface area contributed by atoms with Crippen LogP contribution >= 0.6 is 0 Å². The molecule has 4 N–H and O–H groups in total. The minimum absolute atomic E-state index is 0.0216. The molecule has 3 aliphatic rings. The Hall–Kier alpha value is -7.38. The Morgan fingerprint density at radius 1 is 0.968 bits per heavy atom. The smallest absolute Gasteiger partial charge is 0.329 e. The number of halogens is 1. The number of carbonyl (C=O) groups excluding carboxylic acids is 5. The topological polar surface area (TPSA) is 188 Å². The van der Waals surface area contributed by atoms with Crippen molar-refractivity contribution in [3.63, 3.8) is 0 Å². The molecule has 3 saturated heterocycles. The van der Waals surface area contributed by atoms with Gasteiger partial charge in [-0.2, -0.15) is 0 Å². The van der Waals surface area contributed by atoms with E-state index in [1.807, 2.05) is 18.2 Å². The number of aromatic nitrogens is 2. The number of benzene rings is 4. The molecule has 16 heteroatoms. The van der Waals surface area contributed by atoms with E-state index in [9.17, 15) is 28.8 Å². The molecular formula is C47H45FN8O7. The molecule has 0 aliphatic carbocycles. The second kappa shape index (κ2) is 17.9. The molecule has 0 saturated carbocycles. The summed E-state index contributed by atoms with van der Waals surface area (Å²) in [6.07, 6.45) is 3.40. The van der Waals surface area contributed by atoms with Gasteiger partial charge in [0.1, 0.15) is 30.5 Å². The number of imide groups is 1. The van der Waals surface area contributed by atoms with Crippen molar-refractivity contribution < 1.29 is 33.1 Å². The first-order valence-corrected chi connectivity index (χ1v) is 20.8. The number of hydrogen-bond donors (Lipinski definition) is 4. The molecule has 5 aromatic rings. The van der Waals surface area contributed by atoms with Crippen LogP contribution in [0.15, 0.2) is 77.6 Å². The number of aryl methyl sites for hydroxylation is 1. The highest BCUT2D eigenvalue weighted by Gasteiger charge is 2.33. The van der Waals surface area contributed by atoms with Gasteiger partial charge in [0.25, 0.3) is 5.91 Å². The number of hydrogen-bond acceptors (Lipinski definition) is 10. The Balaban J connectivity index is 1.00. The fourth-order valence-corrected chi connectivity index (χ4v) is 8.65. The SMILES string of the molecule is CNc1ccc(-c2ccc(N3CCCC3=O)cc2C#CCOC2CCN(c3cccc4c3n(C)c(=O)n4C3CCC(=O)NC3=O)CC2)c(F)c1C(=N)C(=O)Nc1cccc(C=O)c1. The van der Waals surface area contributed by atoms with Crippen LogP contribution in [0.5, 0.6) is 0 Å². The lowest BCUT2D eigenvalue weighted by Crippen LogP contribution is -2.44. The summed E-state index contributed by atoms with van der Waals surface area (Å²) in [5.41, 5.74) is 3.34. The third kappa shape index (κ3) is 8.35. The van der Waals surface area contributed by atoms with E-state index in [1.165, 1.54) is 10.6 Å². The van der Waals surface area contributed by atoms with E-state index >= 15 is 4.39 Å². The first kappa shape index (κ1) is 42.3. The zero-order valence-corrected chi connectivity index (χ0v) is 34.8. The van der Waals surface area contributed by atoms with Gasteiger partial charge in [-0.05, 0) is 74.2 Å². The van der Waals surface area contributed by atoms with Crippen LogP contribution in [-0.4, -0.2) is 84.2 Å². The number of carbonyl (C=O) groups is 5. The van der Waals surface area contributed by atoms with Crippen molar-refractivity contribution in [2.24, 2.45) is 7.05 Å². The van der Waals surface area contributed by atoms with Crippen LogP contribution in [-0.2, 0) is 31.0 Å². The van der Waals surface area contributed by atoms with Crippen molar-refractivity contribution in [2.45, 2.75) is 50.7 Å². The number of fused-ring (bicyclic) bond motifs is 1. The quantitative estimate of drug-likeness (QED) is 0.0604. The zero-order valence-electron chi connectivity index (χ0n) is 34.8. The van der Waals surface area contributed by atoms with Crippen LogP contribution in [0.2, 0.25) is 0 Å². The highest BCUT2D eigenvalue weighted by atomic mass is 19.1. The molecule has 3 aliphatic heterocycles. The minimum atomic E-state index is -0.872. The lowest BCUT2D eigenvalue weighted by molar-refractivity contribution is -0.135. The van der Waals surface area contributed by atoms with Crippen LogP contribution in [0, 0.1) is 23.1 Å². The normalized spacial score (nSPS) is 16.7. The maximum Gasteiger partial charge on any atom is 0.329 e. The lowest BCUT2D eigenvalue weighted by Gasteiger charge is -2.33. The molecule has 8 rings (SSSR count). The van der Waals surface area contributed by atoms with E-state index in [0.717, 1.165) is 5.69 Å². The van der Waals surface area contributed by atoms with E-state index in [2.05, 4.69) is 32.7 Å². The van der Waals surface area contributed by atoms with Crippen molar-refractivity contribution in [3.05, 3.63) is 106 Å². The Labute approximate surface area is 361 Å². The number of anilines is 4. The van der Waals surface area contributed by atoms with Gasteiger partial charge in [0.05, 0.1) is 28.4 Å². The summed E-state index contributed by atoms with van der Waals surface area (Å²) in [5, 5.41) is 16.6. The number of amides is 4. The largest absolute Gasteiger partial charge is 0.387 e. The minimum Gasteiger partial charge on any atom is -0.387 e. The predicted molar refractivity (Wildman–Crippen MR) is 237 cm³/mol. The molecule has 322 valence electrons. The van der Waals surface area contributed by atoms with E-state index in [-0.39, 0.29) is 65.6 Å². The molecule has 4 aromatic carbocycles. The highest BCUT2D eigenvalue weighted by Crippen LogP contribution is 2.36. The first-order valence-electron chi connectivity index (χ1n) is 20.8. The second-order valence-corrected chi connectivity index (χ2v) is 15.7. The van der Waals surface area contributed by atoms with Crippen LogP contribution in [0.4, 0.5) is 27.1 Å². The standard InChI is InChI=1S/C47H45FN8O7/c1-50-35-16-15-34(42(48)41(35)43(49)46(61)51-30-9-3-7-28(25-30)27-57)33-14-13-31(55-21-5-12-40(55)59)26-29(33)8-6-24-63-32-19-22-54(23-20-32)36-10-4-11-37-44(36)53(2)47(62)56(37)38-17-18-39(58)52-45(38)60/h3-4,7,9-11,13-16,25-27,32,38,49-50H,5,12,17-24H2,1-2H3,(H,51,61)(H,52,58,60). The summed E-state index contributed by atoms with van der Waals surface area (Å²) in [5.74, 6) is 3.70. The molecule has 0 bridgehead atoms. The van der Waals surface area contributed by atoms with Gasteiger partial charge in [0.2, 0.25) is 17.7 Å². The van der Waals surface area contributed by atoms with Gasteiger partial charge in [0.15, 0.2) is 0 Å². The van der Waals surface area contributed by atoms with Crippen molar-refractivity contribution in [1.29, 1.82) is 5.41 Å². The molecule has 3 fully saturated rings. The summed E-state index contributed by atoms with van der Waals surface area (Å²) in [4.78, 5) is 79.2. The Morgan fingerprint density at radius 3 is 2.48 bits per heavy atom. The van der Waals surface area contributed by atoms with Gasteiger partial charge in [0, 0.05) is 85.9 Å². The summed E-state index contributed by atoms with van der Waals surface area (Å²) < 4.78 is 26.0. The van der Waals surface area contributed by atoms with Crippen LogP contribution in [0.1, 0.15) is 66.1 Å². The summed E-state index contributed by atoms with van der Waals surface area (Å²) in [7, 11) is 3.25. The van der Waals surface area contributed by atoms with Crippen LogP contribution in [0.25, 0.3) is 22.2 Å². The average molecular weight is 853 g/mol. The van der Waals surface area contributed by atoms with Gasteiger partial charge in [-0.25, -0.2) is 9.18 Å². The molecule has 4 heterocycles. The summed E-state index contributed by atoms with van der Waals surface area (Å²) >= 11 is 0. The van der Waals surface area contributed by atoms with Crippen molar-refractivity contribution in [3.8, 4) is 23.0 Å². The van der Waals surface area contributed by atoms with E-state index in [0.29, 0.717) is 85.0 Å². The first-order chi connectivity index (χ1) is 30.5. The fraction of sp³-hybridized carbons (Fsp3) is 0.298. The van der Waals surface area contributed by atoms with Gasteiger partial charge in [-0.3, -0.25) is 43.8 Å². The van der Waals surface area contributed by atoms with Gasteiger partial charge >= 0.3 is 5.69 Å². The number of imidazole rings is 1. The van der Waals surface area contributed by atoms with E-state index in [4.69, 9.17) is 10.1 Å². The van der Waals surface area contributed by atoms with Crippen molar-refractivity contribution in [1.82, 2.24) is 14.5 Å². The number of nitrogens with zero attached hydrogens (tertiary/aromatic N) is 4. The average Bonchev–Trinajstić information content (AvgIpc) is 3.84. The number of aldehydes is 1. The van der Waals surface area contributed by atoms with Crippen molar-refractivity contribution in [2.75, 3.05) is 53.7 Å². The van der Waals surface area contributed by atoms with Gasteiger partial charge in [-0.15, -0.1) is 0 Å². The Kier molecular flexibility index (Phi) is 12.0. The zero-order chi connectivity index (χ0) is 44.4. The molecule has 0 radical (unpaired) electrons. The third-order valence-corrected chi connectivity index (χ3v) is 11.8. The molecule has 1 atom stereocenters. The van der Waals surface area contributed by atoms with E-state index < -0.39 is 29.4 Å². The van der Waals surface area contributed by atoms with Crippen LogP contribution < -0.4 is 31.4 Å². The Bertz CT molecular complexity index is 2830. The highest BCUT2D eigenvalue weighted by molar-refractivity contribution is 6.48. The van der Waals surface area contributed by atoms with Crippen molar-refractivity contribution >= 4 is 69.4 Å². The summed E-state index contributed by atoms with van der Waals surface area (Å²) in [6, 6.07) is 19.3. The molecular weight excluding hydrogens is 808 g/mol. The fourth-order valence-electron chi connectivity index (χ4n) is 8.65. The molecule has 15 nitrogen and oxygen atoms in total. The van der Waals surface area contributed by atoms with Gasteiger partial charge < -0.3 is 25.2 Å². The van der Waals surface area contributed by atoms with Crippen LogP contribution in [0.3, 0.4) is 0 Å². The second-order valence-electron chi connectivity index (χ2n) is 15.7. The maximum absolute atomic E-state index is 16.8. The molecule has 4 amide bonds. The number of para-hydroxylation sites is 1. The number of ether oxygens (including phenoxy) is 1. The molecule has 1 unspecified atom stereocenters. The molecule has 1 aromatic heterocycles. The number of piperidine rings is 2. The summed E-state index contributed by atoms with van der Waals surface area (Å²) in [6.45, 7) is 1.88. The molecule has 0 spiro atoms. The van der Waals surface area contributed by atoms with Gasteiger partial charge in [-0.1, -0.05) is 36.1 Å². The maximum atomic E-state index is 16.8. The Morgan fingerprint density at radius 2 is 1.75 bits per heavy atom. The lowest BCUT2D eigenvalue weighted by atomic mass is 9.94. The number of nitrogens with one attached hydrogen (secondary N) is 4.